The molecule has 0 spiro atoms. The van der Waals surface area contributed by atoms with E-state index in [4.69, 9.17) is 21.3 Å². The van der Waals surface area contributed by atoms with Gasteiger partial charge in [-0.15, -0.1) is 11.3 Å². The van der Waals surface area contributed by atoms with Crippen LogP contribution < -0.4 is 10.2 Å². The zero-order valence-electron chi connectivity index (χ0n) is 15.9. The number of amides is 1. The molecule has 1 amide bonds. The molecule has 28 heavy (non-hydrogen) atoms. The molecule has 1 saturated heterocycles. The molecule has 2 fully saturated rings. The Labute approximate surface area is 173 Å². The summed E-state index contributed by atoms with van der Waals surface area (Å²) in [6.45, 7) is 1.49. The zero-order valence-corrected chi connectivity index (χ0v) is 17.4. The van der Waals surface area contributed by atoms with Gasteiger partial charge in [0.1, 0.15) is 11.9 Å². The number of nitrogens with one attached hydrogen (secondary N) is 1. The quantitative estimate of drug-likeness (QED) is 0.713. The molecule has 0 radical (unpaired) electrons. The highest BCUT2D eigenvalue weighted by atomic mass is 35.5. The fourth-order valence-corrected chi connectivity index (χ4v) is 4.81. The van der Waals surface area contributed by atoms with E-state index in [1.165, 1.54) is 24.2 Å². The lowest BCUT2D eigenvalue weighted by atomic mass is 10.1. The second-order valence-corrected chi connectivity index (χ2v) is 8.81. The molecule has 1 N–H and O–H groups in total. The van der Waals surface area contributed by atoms with Gasteiger partial charge in [-0.25, -0.2) is 4.98 Å². The van der Waals surface area contributed by atoms with Crippen molar-refractivity contribution in [3.8, 4) is 0 Å². The molecule has 0 unspecified atom stereocenters. The van der Waals surface area contributed by atoms with Gasteiger partial charge in [0.15, 0.2) is 0 Å². The van der Waals surface area contributed by atoms with E-state index in [9.17, 15) is 9.59 Å². The molecule has 8 heteroatoms. The third-order valence-electron chi connectivity index (χ3n) is 5.45. The third-order valence-corrected chi connectivity index (χ3v) is 6.87. The standard InChI is InChI=1S/C20H24ClN3O3S/c1-22-20(26)14-11-28-19-15(21)10-16(23-18(14)19)24-8-6-13(7-9-24)27-17(25)5-4-12-2-3-12/h10-13H,2-9H2,1H3,(H,22,26). The number of esters is 1. The SMILES string of the molecule is CNC(=O)c1csc2c(Cl)cc(N3CCC(OC(=O)CCC4CC4)CC3)nc12. The van der Waals surface area contributed by atoms with E-state index in [1.807, 2.05) is 6.07 Å². The van der Waals surface area contributed by atoms with Crippen LogP contribution in [0.15, 0.2) is 11.4 Å². The number of carbonyl (C=O) groups excluding carboxylic acids is 2. The second-order valence-electron chi connectivity index (χ2n) is 7.53. The molecule has 2 aliphatic rings. The van der Waals surface area contributed by atoms with Crippen LogP contribution in [0, 0.1) is 5.92 Å². The Kier molecular flexibility index (Phi) is 5.73. The summed E-state index contributed by atoms with van der Waals surface area (Å²) >= 11 is 7.87. The van der Waals surface area contributed by atoms with Crippen molar-refractivity contribution in [3.05, 3.63) is 22.0 Å². The number of rotatable bonds is 6. The largest absolute Gasteiger partial charge is 0.462 e. The van der Waals surface area contributed by atoms with E-state index >= 15 is 0 Å². The third kappa shape index (κ3) is 4.25. The van der Waals surface area contributed by atoms with E-state index in [0.29, 0.717) is 22.5 Å². The maximum absolute atomic E-state index is 12.1. The van der Waals surface area contributed by atoms with Crippen molar-refractivity contribution in [2.75, 3.05) is 25.0 Å². The minimum Gasteiger partial charge on any atom is -0.462 e. The van der Waals surface area contributed by atoms with Crippen molar-refractivity contribution in [1.29, 1.82) is 0 Å². The van der Waals surface area contributed by atoms with Crippen molar-refractivity contribution >= 4 is 50.8 Å². The van der Waals surface area contributed by atoms with Crippen LogP contribution in [0.2, 0.25) is 5.02 Å². The molecular formula is C20H24ClN3O3S. The number of aromatic nitrogens is 1. The van der Waals surface area contributed by atoms with Gasteiger partial charge in [-0.05, 0) is 12.3 Å². The number of carbonyl (C=O) groups is 2. The molecule has 2 aromatic heterocycles. The number of nitrogens with zero attached hydrogens (tertiary/aromatic N) is 2. The molecule has 0 aromatic carbocycles. The molecule has 6 nitrogen and oxygen atoms in total. The molecule has 2 aromatic rings. The number of ether oxygens (including phenoxy) is 1. The predicted molar refractivity (Wildman–Crippen MR) is 111 cm³/mol. The van der Waals surface area contributed by atoms with E-state index in [-0.39, 0.29) is 18.0 Å². The summed E-state index contributed by atoms with van der Waals surface area (Å²) in [6.07, 6.45) is 5.56. The average Bonchev–Trinajstić information content (AvgIpc) is 3.43. The Morgan fingerprint density at radius 3 is 2.75 bits per heavy atom. The van der Waals surface area contributed by atoms with Crippen LogP contribution in [-0.4, -0.2) is 43.1 Å². The molecule has 1 aliphatic carbocycles. The summed E-state index contributed by atoms with van der Waals surface area (Å²) in [7, 11) is 1.61. The van der Waals surface area contributed by atoms with Crippen molar-refractivity contribution in [1.82, 2.24) is 10.3 Å². The second kappa shape index (κ2) is 8.25. The molecule has 4 rings (SSSR count). The van der Waals surface area contributed by atoms with Crippen LogP contribution in [0.25, 0.3) is 10.2 Å². The first-order valence-corrected chi connectivity index (χ1v) is 11.0. The monoisotopic (exact) mass is 421 g/mol. The smallest absolute Gasteiger partial charge is 0.306 e. The van der Waals surface area contributed by atoms with E-state index in [0.717, 1.165) is 48.8 Å². The number of anilines is 1. The Morgan fingerprint density at radius 2 is 2.07 bits per heavy atom. The van der Waals surface area contributed by atoms with Gasteiger partial charge < -0.3 is 15.0 Å². The highest BCUT2D eigenvalue weighted by molar-refractivity contribution is 7.18. The van der Waals surface area contributed by atoms with Crippen LogP contribution in [0.1, 0.15) is 48.9 Å². The summed E-state index contributed by atoms with van der Waals surface area (Å²) in [6, 6.07) is 1.86. The van der Waals surface area contributed by atoms with Gasteiger partial charge in [-0.3, -0.25) is 9.59 Å². The van der Waals surface area contributed by atoms with Crippen LogP contribution in [-0.2, 0) is 9.53 Å². The number of halogens is 1. The van der Waals surface area contributed by atoms with E-state index < -0.39 is 0 Å². The molecular weight excluding hydrogens is 398 g/mol. The van der Waals surface area contributed by atoms with Crippen molar-refractivity contribution in [3.63, 3.8) is 0 Å². The highest BCUT2D eigenvalue weighted by Gasteiger charge is 2.26. The van der Waals surface area contributed by atoms with Crippen molar-refractivity contribution in [2.24, 2.45) is 5.92 Å². The first-order chi connectivity index (χ1) is 13.5. The minimum absolute atomic E-state index is 0.0234. The molecule has 0 bridgehead atoms. The lowest BCUT2D eigenvalue weighted by molar-refractivity contribution is -0.150. The fourth-order valence-electron chi connectivity index (χ4n) is 3.59. The molecule has 0 atom stereocenters. The van der Waals surface area contributed by atoms with Gasteiger partial charge in [0.2, 0.25) is 0 Å². The fraction of sp³-hybridized carbons (Fsp3) is 0.550. The Hall–Kier alpha value is -1.86. The lowest BCUT2D eigenvalue weighted by Crippen LogP contribution is -2.38. The van der Waals surface area contributed by atoms with Crippen LogP contribution in [0.4, 0.5) is 5.82 Å². The first kappa shape index (κ1) is 19.5. The van der Waals surface area contributed by atoms with Gasteiger partial charge >= 0.3 is 5.97 Å². The number of hydrogen-bond donors (Lipinski definition) is 1. The summed E-state index contributed by atoms with van der Waals surface area (Å²) in [4.78, 5) is 30.9. The van der Waals surface area contributed by atoms with Gasteiger partial charge in [-0.2, -0.15) is 0 Å². The Morgan fingerprint density at radius 1 is 1.32 bits per heavy atom. The molecule has 1 saturated carbocycles. The molecule has 3 heterocycles. The van der Waals surface area contributed by atoms with Crippen LogP contribution >= 0.6 is 22.9 Å². The van der Waals surface area contributed by atoms with Gasteiger partial charge in [-0.1, -0.05) is 24.4 Å². The summed E-state index contributed by atoms with van der Waals surface area (Å²) in [5.74, 6) is 1.28. The van der Waals surface area contributed by atoms with Crippen LogP contribution in [0.5, 0.6) is 0 Å². The average molecular weight is 422 g/mol. The summed E-state index contributed by atoms with van der Waals surface area (Å²) in [5, 5.41) is 5.04. The van der Waals surface area contributed by atoms with Gasteiger partial charge in [0.05, 0.1) is 20.8 Å². The minimum atomic E-state index is -0.163. The predicted octanol–water partition coefficient (Wildman–Crippen LogP) is 4.01. The first-order valence-electron chi connectivity index (χ1n) is 9.79. The number of hydrogen-bond acceptors (Lipinski definition) is 6. The number of thiophene rings is 1. The molecule has 150 valence electrons. The van der Waals surface area contributed by atoms with Gasteiger partial charge in [0, 0.05) is 50.8 Å². The Bertz CT molecular complexity index is 888. The summed E-state index contributed by atoms with van der Waals surface area (Å²) in [5.41, 5.74) is 1.19. The van der Waals surface area contributed by atoms with Crippen molar-refractivity contribution < 1.29 is 14.3 Å². The van der Waals surface area contributed by atoms with Gasteiger partial charge in [0.25, 0.3) is 5.91 Å². The number of pyridine rings is 1. The zero-order chi connectivity index (χ0) is 19.7. The molecule has 1 aliphatic heterocycles. The topological polar surface area (TPSA) is 71.5 Å². The number of piperidine rings is 1. The summed E-state index contributed by atoms with van der Waals surface area (Å²) < 4.78 is 6.46. The van der Waals surface area contributed by atoms with Crippen LogP contribution in [0.3, 0.4) is 0 Å². The normalized spacial score (nSPS) is 17.7. The maximum Gasteiger partial charge on any atom is 0.306 e. The Balaban J connectivity index is 1.40. The van der Waals surface area contributed by atoms with E-state index in [1.54, 1.807) is 12.4 Å². The highest BCUT2D eigenvalue weighted by Crippen LogP contribution is 2.35. The lowest BCUT2D eigenvalue weighted by Gasteiger charge is -2.32. The number of fused-ring (bicyclic) bond motifs is 1. The van der Waals surface area contributed by atoms with Crippen molar-refractivity contribution in [2.45, 2.75) is 44.6 Å². The van der Waals surface area contributed by atoms with E-state index in [2.05, 4.69) is 10.2 Å². The maximum atomic E-state index is 12.1.